The SMILES string of the molecule is Cc1ccc(-c2cc(-c3ccc(OCc4ccccc4)cc3)cc(-c3ccco3)n2)cc1. The molecule has 0 aliphatic carbocycles. The summed E-state index contributed by atoms with van der Waals surface area (Å²) in [4.78, 5) is 4.86. The van der Waals surface area contributed by atoms with Crippen LogP contribution in [0.5, 0.6) is 5.75 Å². The number of rotatable bonds is 6. The van der Waals surface area contributed by atoms with E-state index < -0.39 is 0 Å². The first kappa shape index (κ1) is 19.8. The Morgan fingerprint density at radius 1 is 0.688 bits per heavy atom. The first-order valence-electron chi connectivity index (χ1n) is 10.6. The lowest BCUT2D eigenvalue weighted by molar-refractivity contribution is 0.306. The van der Waals surface area contributed by atoms with Gasteiger partial charge >= 0.3 is 0 Å². The van der Waals surface area contributed by atoms with Crippen molar-refractivity contribution in [3.8, 4) is 39.6 Å². The van der Waals surface area contributed by atoms with E-state index in [-0.39, 0.29) is 0 Å². The summed E-state index contributed by atoms with van der Waals surface area (Å²) >= 11 is 0. The second kappa shape index (κ2) is 8.94. The Bertz CT molecular complexity index is 1290. The summed E-state index contributed by atoms with van der Waals surface area (Å²) in [7, 11) is 0. The molecule has 0 aliphatic rings. The van der Waals surface area contributed by atoms with Gasteiger partial charge in [-0.05, 0) is 60.0 Å². The van der Waals surface area contributed by atoms with Crippen molar-refractivity contribution in [3.05, 3.63) is 121 Å². The predicted octanol–water partition coefficient (Wildman–Crippen LogP) is 7.56. The maximum Gasteiger partial charge on any atom is 0.152 e. The Morgan fingerprint density at radius 3 is 2.12 bits per heavy atom. The molecule has 0 bridgehead atoms. The standard InChI is InChI=1S/C29H23NO2/c1-21-9-11-24(12-10-21)27-18-25(19-28(30-27)29-8-5-17-31-29)23-13-15-26(16-14-23)32-20-22-6-3-2-4-7-22/h2-19H,20H2,1H3. The Labute approximate surface area is 188 Å². The number of benzene rings is 3. The quantitative estimate of drug-likeness (QED) is 0.286. The van der Waals surface area contributed by atoms with Crippen LogP contribution >= 0.6 is 0 Å². The number of aryl methyl sites for hydroxylation is 1. The van der Waals surface area contributed by atoms with Crippen LogP contribution in [-0.2, 0) is 6.61 Å². The fourth-order valence-corrected chi connectivity index (χ4v) is 3.60. The zero-order valence-corrected chi connectivity index (χ0v) is 17.9. The lowest BCUT2D eigenvalue weighted by Crippen LogP contribution is -1.95. The number of hydrogen-bond donors (Lipinski definition) is 0. The highest BCUT2D eigenvalue weighted by Crippen LogP contribution is 2.31. The van der Waals surface area contributed by atoms with Gasteiger partial charge in [0.1, 0.15) is 18.1 Å². The van der Waals surface area contributed by atoms with Crippen molar-refractivity contribution in [2.45, 2.75) is 13.5 Å². The second-order valence-electron chi connectivity index (χ2n) is 7.77. The van der Waals surface area contributed by atoms with Crippen LogP contribution in [0.2, 0.25) is 0 Å². The molecule has 0 saturated carbocycles. The smallest absolute Gasteiger partial charge is 0.152 e. The summed E-state index contributed by atoms with van der Waals surface area (Å²) in [5, 5.41) is 0. The van der Waals surface area contributed by atoms with Crippen molar-refractivity contribution in [1.29, 1.82) is 0 Å². The largest absolute Gasteiger partial charge is 0.489 e. The summed E-state index contributed by atoms with van der Waals surface area (Å²) in [6.07, 6.45) is 1.67. The van der Waals surface area contributed by atoms with Gasteiger partial charge < -0.3 is 9.15 Å². The van der Waals surface area contributed by atoms with Crippen molar-refractivity contribution < 1.29 is 9.15 Å². The van der Waals surface area contributed by atoms with Gasteiger partial charge in [-0.1, -0.05) is 72.3 Å². The molecule has 0 N–H and O–H groups in total. The van der Waals surface area contributed by atoms with Crippen LogP contribution < -0.4 is 4.74 Å². The first-order valence-corrected chi connectivity index (χ1v) is 10.6. The van der Waals surface area contributed by atoms with E-state index in [1.165, 1.54) is 5.56 Å². The maximum atomic E-state index is 5.94. The molecule has 0 atom stereocenters. The van der Waals surface area contributed by atoms with Crippen molar-refractivity contribution in [3.63, 3.8) is 0 Å². The zero-order valence-electron chi connectivity index (χ0n) is 17.9. The van der Waals surface area contributed by atoms with Gasteiger partial charge in [-0.2, -0.15) is 0 Å². The van der Waals surface area contributed by atoms with Crippen LogP contribution in [0, 0.1) is 6.92 Å². The molecule has 3 nitrogen and oxygen atoms in total. The van der Waals surface area contributed by atoms with Crippen LogP contribution in [0.25, 0.3) is 33.8 Å². The number of pyridine rings is 1. The molecule has 32 heavy (non-hydrogen) atoms. The fourth-order valence-electron chi connectivity index (χ4n) is 3.60. The van der Waals surface area contributed by atoms with E-state index >= 15 is 0 Å². The van der Waals surface area contributed by atoms with Crippen LogP contribution in [0.15, 0.2) is 114 Å². The van der Waals surface area contributed by atoms with E-state index in [0.717, 1.165) is 45.2 Å². The maximum absolute atomic E-state index is 5.94. The topological polar surface area (TPSA) is 35.3 Å². The number of aromatic nitrogens is 1. The molecule has 5 rings (SSSR count). The third-order valence-corrected chi connectivity index (χ3v) is 5.38. The van der Waals surface area contributed by atoms with Gasteiger partial charge in [0, 0.05) is 5.56 Å². The minimum Gasteiger partial charge on any atom is -0.489 e. The van der Waals surface area contributed by atoms with Crippen LogP contribution in [-0.4, -0.2) is 4.98 Å². The molecule has 0 saturated heterocycles. The highest BCUT2D eigenvalue weighted by Gasteiger charge is 2.11. The molecule has 156 valence electrons. The molecule has 0 spiro atoms. The summed E-state index contributed by atoms with van der Waals surface area (Å²) in [6.45, 7) is 2.64. The molecule has 3 heteroatoms. The number of ether oxygens (including phenoxy) is 1. The molecule has 2 aromatic heterocycles. The number of nitrogens with zero attached hydrogens (tertiary/aromatic N) is 1. The molecule has 2 heterocycles. The van der Waals surface area contributed by atoms with Crippen LogP contribution in [0.4, 0.5) is 0 Å². The Kier molecular flexibility index (Phi) is 5.54. The Morgan fingerprint density at radius 2 is 1.41 bits per heavy atom. The van der Waals surface area contributed by atoms with E-state index in [1.807, 2.05) is 42.5 Å². The predicted molar refractivity (Wildman–Crippen MR) is 128 cm³/mol. The highest BCUT2D eigenvalue weighted by atomic mass is 16.5. The minimum absolute atomic E-state index is 0.551. The summed E-state index contributed by atoms with van der Waals surface area (Å²) < 4.78 is 11.6. The fraction of sp³-hybridized carbons (Fsp3) is 0.0690. The molecule has 0 aliphatic heterocycles. The van der Waals surface area contributed by atoms with E-state index in [1.54, 1.807) is 6.26 Å². The summed E-state index contributed by atoms with van der Waals surface area (Å²) in [5.41, 5.74) is 7.36. The lowest BCUT2D eigenvalue weighted by atomic mass is 10.0. The molecule has 0 amide bonds. The van der Waals surface area contributed by atoms with Crippen LogP contribution in [0.1, 0.15) is 11.1 Å². The van der Waals surface area contributed by atoms with E-state index in [9.17, 15) is 0 Å². The van der Waals surface area contributed by atoms with Gasteiger partial charge in [0.15, 0.2) is 5.76 Å². The monoisotopic (exact) mass is 417 g/mol. The average Bonchev–Trinajstić information content (AvgIpc) is 3.39. The average molecular weight is 418 g/mol. The normalized spacial score (nSPS) is 10.8. The molecular formula is C29H23NO2. The minimum atomic E-state index is 0.551. The van der Waals surface area contributed by atoms with Gasteiger partial charge in [-0.3, -0.25) is 0 Å². The summed E-state index contributed by atoms with van der Waals surface area (Å²) in [6, 6.07) is 34.8. The summed E-state index contributed by atoms with van der Waals surface area (Å²) in [5.74, 6) is 1.60. The highest BCUT2D eigenvalue weighted by molar-refractivity contribution is 5.75. The van der Waals surface area contributed by atoms with Crippen LogP contribution in [0.3, 0.4) is 0 Å². The third kappa shape index (κ3) is 4.47. The van der Waals surface area contributed by atoms with Crippen molar-refractivity contribution >= 4 is 0 Å². The first-order chi connectivity index (χ1) is 15.7. The zero-order chi connectivity index (χ0) is 21.8. The van der Waals surface area contributed by atoms with Gasteiger partial charge in [-0.15, -0.1) is 0 Å². The van der Waals surface area contributed by atoms with Crippen molar-refractivity contribution in [1.82, 2.24) is 4.98 Å². The Balaban J connectivity index is 1.46. The lowest BCUT2D eigenvalue weighted by Gasteiger charge is -2.10. The Hall–Kier alpha value is -4.11. The van der Waals surface area contributed by atoms with E-state index in [0.29, 0.717) is 6.61 Å². The molecule has 0 unspecified atom stereocenters. The van der Waals surface area contributed by atoms with Crippen molar-refractivity contribution in [2.24, 2.45) is 0 Å². The molecule has 0 radical (unpaired) electrons. The van der Waals surface area contributed by atoms with Gasteiger partial charge in [0.05, 0.1) is 12.0 Å². The number of furan rings is 1. The molecular weight excluding hydrogens is 394 g/mol. The van der Waals surface area contributed by atoms with E-state index in [4.69, 9.17) is 14.1 Å². The van der Waals surface area contributed by atoms with E-state index in [2.05, 4.69) is 67.6 Å². The number of hydrogen-bond acceptors (Lipinski definition) is 3. The molecule has 5 aromatic rings. The third-order valence-electron chi connectivity index (χ3n) is 5.38. The van der Waals surface area contributed by atoms with Gasteiger partial charge in [-0.25, -0.2) is 4.98 Å². The van der Waals surface area contributed by atoms with Gasteiger partial charge in [0.2, 0.25) is 0 Å². The van der Waals surface area contributed by atoms with Gasteiger partial charge in [0.25, 0.3) is 0 Å². The molecule has 3 aromatic carbocycles. The second-order valence-corrected chi connectivity index (χ2v) is 7.77. The molecule has 0 fully saturated rings. The van der Waals surface area contributed by atoms with Crippen molar-refractivity contribution in [2.75, 3.05) is 0 Å².